The maximum atomic E-state index is 12.4. The maximum absolute atomic E-state index is 12.4. The van der Waals surface area contributed by atoms with Gasteiger partial charge >= 0.3 is 5.97 Å². The maximum Gasteiger partial charge on any atom is 0.326 e. The Morgan fingerprint density at radius 2 is 2.00 bits per heavy atom. The first-order valence-corrected chi connectivity index (χ1v) is 7.63. The molecule has 120 valence electrons. The predicted molar refractivity (Wildman–Crippen MR) is 82.4 cm³/mol. The van der Waals surface area contributed by atoms with E-state index in [1.54, 1.807) is 6.20 Å². The topological polar surface area (TPSA) is 88.3 Å². The molecule has 7 heteroatoms. The molecule has 1 saturated heterocycles. The highest BCUT2D eigenvalue weighted by Gasteiger charge is 2.31. The van der Waals surface area contributed by atoms with Crippen molar-refractivity contribution in [2.24, 2.45) is 0 Å². The number of carboxylic acid groups (broad SMARTS) is 1. The van der Waals surface area contributed by atoms with Crippen LogP contribution in [0.5, 0.6) is 0 Å². The number of piperidine rings is 1. The number of carboxylic acids is 1. The molecular formula is C16H18N4O3. The van der Waals surface area contributed by atoms with Crippen molar-refractivity contribution < 1.29 is 14.7 Å². The molecule has 1 amide bonds. The molecular weight excluding hydrogens is 296 g/mol. The molecule has 1 aromatic carbocycles. The van der Waals surface area contributed by atoms with Crippen LogP contribution in [0.2, 0.25) is 0 Å². The van der Waals surface area contributed by atoms with Gasteiger partial charge in [0.15, 0.2) is 0 Å². The van der Waals surface area contributed by atoms with Gasteiger partial charge in [-0.05, 0) is 19.3 Å². The number of likely N-dealkylation sites (tertiary alicyclic amines) is 1. The molecule has 23 heavy (non-hydrogen) atoms. The first-order chi connectivity index (χ1) is 11.1. The molecule has 1 atom stereocenters. The van der Waals surface area contributed by atoms with Crippen molar-refractivity contribution in [1.29, 1.82) is 0 Å². The summed E-state index contributed by atoms with van der Waals surface area (Å²) in [7, 11) is 0. The molecule has 0 radical (unpaired) electrons. The standard InChI is InChI=1S/C16H18N4O3/c21-15(20-9-5-4-8-14(20)16(22)23)11-19-10-13(17-18-19)12-6-2-1-3-7-12/h1-3,6-7,10,14H,4-5,8-9,11H2,(H,22,23)/t14-/m1/s1. The van der Waals surface area contributed by atoms with E-state index in [4.69, 9.17) is 0 Å². The highest BCUT2D eigenvalue weighted by atomic mass is 16.4. The monoisotopic (exact) mass is 314 g/mol. The van der Waals surface area contributed by atoms with Crippen LogP contribution >= 0.6 is 0 Å². The second-order valence-corrected chi connectivity index (χ2v) is 5.60. The molecule has 1 aliphatic heterocycles. The van der Waals surface area contributed by atoms with Crippen LogP contribution in [-0.4, -0.2) is 49.5 Å². The normalized spacial score (nSPS) is 17.9. The number of aliphatic carboxylic acids is 1. The average Bonchev–Trinajstić information content (AvgIpc) is 3.04. The summed E-state index contributed by atoms with van der Waals surface area (Å²) in [5.74, 6) is -1.18. The van der Waals surface area contributed by atoms with E-state index < -0.39 is 12.0 Å². The highest BCUT2D eigenvalue weighted by molar-refractivity contribution is 5.83. The van der Waals surface area contributed by atoms with Gasteiger partial charge in [-0.2, -0.15) is 0 Å². The van der Waals surface area contributed by atoms with E-state index in [0.717, 1.165) is 18.4 Å². The zero-order valence-corrected chi connectivity index (χ0v) is 12.6. The number of hydrogen-bond acceptors (Lipinski definition) is 4. The zero-order valence-electron chi connectivity index (χ0n) is 12.6. The lowest BCUT2D eigenvalue weighted by Gasteiger charge is -2.32. The third-order valence-corrected chi connectivity index (χ3v) is 4.01. The minimum atomic E-state index is -0.943. The van der Waals surface area contributed by atoms with Crippen molar-refractivity contribution in [3.63, 3.8) is 0 Å². The fourth-order valence-corrected chi connectivity index (χ4v) is 2.83. The van der Waals surface area contributed by atoms with E-state index in [9.17, 15) is 14.7 Å². The lowest BCUT2D eigenvalue weighted by atomic mass is 10.0. The average molecular weight is 314 g/mol. The number of carbonyl (C=O) groups excluding carboxylic acids is 1. The summed E-state index contributed by atoms with van der Waals surface area (Å²) in [5.41, 5.74) is 1.61. The number of rotatable bonds is 4. The Morgan fingerprint density at radius 3 is 2.74 bits per heavy atom. The van der Waals surface area contributed by atoms with Crippen molar-refractivity contribution in [3.05, 3.63) is 36.5 Å². The largest absolute Gasteiger partial charge is 0.480 e. The lowest BCUT2D eigenvalue weighted by Crippen LogP contribution is -2.49. The van der Waals surface area contributed by atoms with Gasteiger partial charge in [0.2, 0.25) is 5.91 Å². The smallest absolute Gasteiger partial charge is 0.326 e. The van der Waals surface area contributed by atoms with Gasteiger partial charge in [-0.25, -0.2) is 9.48 Å². The minimum Gasteiger partial charge on any atom is -0.480 e. The van der Waals surface area contributed by atoms with Crippen molar-refractivity contribution in [2.45, 2.75) is 31.8 Å². The van der Waals surface area contributed by atoms with Crippen LogP contribution < -0.4 is 0 Å². The summed E-state index contributed by atoms with van der Waals surface area (Å²) in [5, 5.41) is 17.3. The Balaban J connectivity index is 1.70. The highest BCUT2D eigenvalue weighted by Crippen LogP contribution is 2.18. The van der Waals surface area contributed by atoms with E-state index >= 15 is 0 Å². The number of hydrogen-bond donors (Lipinski definition) is 1. The Hall–Kier alpha value is -2.70. The van der Waals surface area contributed by atoms with E-state index in [1.165, 1.54) is 9.58 Å². The number of amides is 1. The molecule has 1 aliphatic rings. The molecule has 0 unspecified atom stereocenters. The molecule has 1 N–H and O–H groups in total. The number of carbonyl (C=O) groups is 2. The molecule has 3 rings (SSSR count). The Morgan fingerprint density at radius 1 is 1.22 bits per heavy atom. The Labute approximate surface area is 133 Å². The van der Waals surface area contributed by atoms with Gasteiger partial charge in [0.25, 0.3) is 0 Å². The van der Waals surface area contributed by atoms with Crippen LogP contribution in [0.15, 0.2) is 36.5 Å². The van der Waals surface area contributed by atoms with Gasteiger partial charge in [0, 0.05) is 12.1 Å². The molecule has 0 saturated carbocycles. The molecule has 1 aromatic heterocycles. The second kappa shape index (κ2) is 6.60. The van der Waals surface area contributed by atoms with Crippen molar-refractivity contribution in [2.75, 3.05) is 6.54 Å². The summed E-state index contributed by atoms with van der Waals surface area (Å²) in [6, 6.07) is 8.84. The quantitative estimate of drug-likeness (QED) is 0.922. The number of nitrogens with zero attached hydrogens (tertiary/aromatic N) is 4. The van der Waals surface area contributed by atoms with Crippen molar-refractivity contribution >= 4 is 11.9 Å². The predicted octanol–water partition coefficient (Wildman–Crippen LogP) is 1.41. The third kappa shape index (κ3) is 3.39. The fraction of sp³-hybridized carbons (Fsp3) is 0.375. The van der Waals surface area contributed by atoms with Gasteiger partial charge < -0.3 is 10.0 Å². The van der Waals surface area contributed by atoms with Gasteiger partial charge in [-0.15, -0.1) is 5.10 Å². The summed E-state index contributed by atoms with van der Waals surface area (Å²) < 4.78 is 1.46. The molecule has 2 heterocycles. The lowest BCUT2D eigenvalue weighted by molar-refractivity contribution is -0.152. The van der Waals surface area contributed by atoms with Crippen LogP contribution in [0.3, 0.4) is 0 Å². The van der Waals surface area contributed by atoms with Gasteiger partial charge in [-0.3, -0.25) is 4.79 Å². The van der Waals surface area contributed by atoms with Crippen LogP contribution in [0.25, 0.3) is 11.3 Å². The summed E-state index contributed by atoms with van der Waals surface area (Å²) in [6.07, 6.45) is 3.88. The minimum absolute atomic E-state index is 0.00358. The van der Waals surface area contributed by atoms with Crippen LogP contribution in [0.4, 0.5) is 0 Å². The third-order valence-electron chi connectivity index (χ3n) is 4.01. The molecule has 2 aromatic rings. The van der Waals surface area contributed by atoms with Gasteiger partial charge in [0.1, 0.15) is 18.3 Å². The van der Waals surface area contributed by atoms with Crippen molar-refractivity contribution in [1.82, 2.24) is 19.9 Å². The van der Waals surface area contributed by atoms with Crippen LogP contribution in [0, 0.1) is 0 Å². The summed E-state index contributed by atoms with van der Waals surface area (Å²) in [4.78, 5) is 25.1. The Bertz CT molecular complexity index is 698. The summed E-state index contributed by atoms with van der Waals surface area (Å²) >= 11 is 0. The number of benzene rings is 1. The number of aromatic nitrogens is 3. The Kier molecular flexibility index (Phi) is 4.36. The van der Waals surface area contributed by atoms with Gasteiger partial charge in [-0.1, -0.05) is 35.5 Å². The molecule has 7 nitrogen and oxygen atoms in total. The molecule has 0 spiro atoms. The van der Waals surface area contributed by atoms with Crippen molar-refractivity contribution in [3.8, 4) is 11.3 Å². The van der Waals surface area contributed by atoms with E-state index in [-0.39, 0.29) is 12.5 Å². The summed E-state index contributed by atoms with van der Waals surface area (Å²) in [6.45, 7) is 0.486. The SMILES string of the molecule is O=C(O)[C@H]1CCCCN1C(=O)Cn1cc(-c2ccccc2)nn1. The molecule has 0 bridgehead atoms. The van der Waals surface area contributed by atoms with E-state index in [2.05, 4.69) is 10.3 Å². The van der Waals surface area contributed by atoms with E-state index in [0.29, 0.717) is 18.7 Å². The molecule has 1 fully saturated rings. The van der Waals surface area contributed by atoms with E-state index in [1.807, 2.05) is 30.3 Å². The first kappa shape index (κ1) is 15.2. The second-order valence-electron chi connectivity index (χ2n) is 5.60. The van der Waals surface area contributed by atoms with Crippen LogP contribution in [-0.2, 0) is 16.1 Å². The van der Waals surface area contributed by atoms with Gasteiger partial charge in [0.05, 0.1) is 6.20 Å². The fourth-order valence-electron chi connectivity index (χ4n) is 2.83. The first-order valence-electron chi connectivity index (χ1n) is 7.63. The van der Waals surface area contributed by atoms with Crippen LogP contribution in [0.1, 0.15) is 19.3 Å². The molecule has 0 aliphatic carbocycles. The zero-order chi connectivity index (χ0) is 16.2.